The van der Waals surface area contributed by atoms with E-state index in [1.54, 1.807) is 55.7 Å². The van der Waals surface area contributed by atoms with Crippen LogP contribution in [0, 0.1) is 0 Å². The Morgan fingerprint density at radius 3 is 2.52 bits per heavy atom. The molecule has 0 atom stereocenters. The molecule has 0 saturated heterocycles. The van der Waals surface area contributed by atoms with Crippen molar-refractivity contribution in [3.63, 3.8) is 0 Å². The van der Waals surface area contributed by atoms with Gasteiger partial charge in [-0.15, -0.1) is 0 Å². The van der Waals surface area contributed by atoms with Crippen LogP contribution in [0.2, 0.25) is 0 Å². The van der Waals surface area contributed by atoms with Crippen LogP contribution in [0.1, 0.15) is 15.9 Å². The second-order valence-corrected chi connectivity index (χ2v) is 5.81. The number of carbonyl (C=O) groups excluding carboxylic acids is 2. The predicted octanol–water partition coefficient (Wildman–Crippen LogP) is 3.91. The number of carbonyl (C=O) groups is 2. The van der Waals surface area contributed by atoms with Crippen LogP contribution in [0.3, 0.4) is 0 Å². The average Bonchev–Trinajstić information content (AvgIpc) is 2.64. The summed E-state index contributed by atoms with van der Waals surface area (Å²) in [7, 11) is 3.09. The number of Topliss-reactive ketones (excluding diaryl/α,β-unsaturated/α-hetero) is 1. The van der Waals surface area contributed by atoms with Gasteiger partial charge in [0.1, 0.15) is 11.5 Å². The molecule has 0 aliphatic carbocycles. The summed E-state index contributed by atoms with van der Waals surface area (Å²) in [6, 6.07) is 12.2. The highest BCUT2D eigenvalue weighted by atomic mass is 79.9. The zero-order valence-corrected chi connectivity index (χ0v) is 15.4. The lowest BCUT2D eigenvalue weighted by Gasteiger charge is -2.07. The molecule has 2 aromatic rings. The minimum absolute atomic E-state index is 0.281. The number of ketones is 1. The Hall–Kier alpha value is -2.60. The number of hydrogen-bond donors (Lipinski definition) is 0. The van der Waals surface area contributed by atoms with Gasteiger partial charge in [-0.3, -0.25) is 4.79 Å². The number of rotatable bonds is 7. The van der Waals surface area contributed by atoms with Crippen LogP contribution in [0.5, 0.6) is 11.5 Å². The first-order chi connectivity index (χ1) is 12.0. The second-order valence-electron chi connectivity index (χ2n) is 4.95. The molecule has 0 unspecified atom stereocenters. The van der Waals surface area contributed by atoms with Crippen LogP contribution in [0.4, 0.5) is 0 Å². The lowest BCUT2D eigenvalue weighted by atomic mass is 10.1. The summed E-state index contributed by atoms with van der Waals surface area (Å²) >= 11 is 3.29. The monoisotopic (exact) mass is 404 g/mol. The summed E-state index contributed by atoms with van der Waals surface area (Å²) in [6.07, 6.45) is 2.81. The van der Waals surface area contributed by atoms with E-state index in [0.717, 1.165) is 0 Å². The van der Waals surface area contributed by atoms with Gasteiger partial charge in [-0.05, 0) is 24.3 Å². The van der Waals surface area contributed by atoms with E-state index in [2.05, 4.69) is 15.9 Å². The van der Waals surface area contributed by atoms with Crippen molar-refractivity contribution in [3.05, 3.63) is 64.1 Å². The van der Waals surface area contributed by atoms with Crippen LogP contribution in [-0.2, 0) is 9.53 Å². The van der Waals surface area contributed by atoms with Gasteiger partial charge in [-0.25, -0.2) is 4.79 Å². The first kappa shape index (κ1) is 18.7. The third kappa shape index (κ3) is 5.19. The van der Waals surface area contributed by atoms with E-state index in [0.29, 0.717) is 27.1 Å². The zero-order valence-electron chi connectivity index (χ0n) is 13.8. The molecule has 2 aromatic carbocycles. The molecule has 5 nitrogen and oxygen atoms in total. The van der Waals surface area contributed by atoms with Gasteiger partial charge in [0.05, 0.1) is 14.2 Å². The highest BCUT2D eigenvalue weighted by molar-refractivity contribution is 9.10. The maximum atomic E-state index is 12.0. The molecule has 6 heteroatoms. The molecule has 2 rings (SSSR count). The van der Waals surface area contributed by atoms with Crippen LogP contribution in [0.15, 0.2) is 53.0 Å². The van der Waals surface area contributed by atoms with E-state index >= 15 is 0 Å². The fraction of sp³-hybridized carbons (Fsp3) is 0.158. The predicted molar refractivity (Wildman–Crippen MR) is 98.0 cm³/mol. The molecule has 0 fully saturated rings. The van der Waals surface area contributed by atoms with Crippen LogP contribution in [-0.4, -0.2) is 32.6 Å². The minimum atomic E-state index is -0.613. The van der Waals surface area contributed by atoms with Crippen LogP contribution in [0.25, 0.3) is 6.08 Å². The number of methoxy groups -OCH3 is 2. The van der Waals surface area contributed by atoms with E-state index < -0.39 is 5.97 Å². The minimum Gasteiger partial charge on any atom is -0.497 e. The summed E-state index contributed by atoms with van der Waals surface area (Å²) in [5.41, 5.74) is 1.16. The van der Waals surface area contributed by atoms with Gasteiger partial charge in [0.25, 0.3) is 0 Å². The molecule has 0 aliphatic heterocycles. The van der Waals surface area contributed by atoms with Crippen molar-refractivity contribution in [2.45, 2.75) is 0 Å². The molecule has 0 saturated carbocycles. The normalized spacial score (nSPS) is 10.5. The van der Waals surface area contributed by atoms with Crippen LogP contribution < -0.4 is 9.47 Å². The van der Waals surface area contributed by atoms with Crippen molar-refractivity contribution in [1.29, 1.82) is 0 Å². The third-order valence-electron chi connectivity index (χ3n) is 3.36. The van der Waals surface area contributed by atoms with Crippen molar-refractivity contribution in [3.8, 4) is 11.5 Å². The lowest BCUT2D eigenvalue weighted by molar-refractivity contribution is -0.136. The molecule has 0 aromatic heterocycles. The van der Waals surface area contributed by atoms with Gasteiger partial charge in [0, 0.05) is 27.7 Å². The van der Waals surface area contributed by atoms with Crippen molar-refractivity contribution in [1.82, 2.24) is 0 Å². The quantitative estimate of drug-likeness (QED) is 0.397. The molecular formula is C19H17BrO5. The Balaban J connectivity index is 1.97. The summed E-state index contributed by atoms with van der Waals surface area (Å²) in [5.74, 6) is 0.317. The summed E-state index contributed by atoms with van der Waals surface area (Å²) in [6.45, 7) is -0.328. The highest BCUT2D eigenvalue weighted by Crippen LogP contribution is 2.25. The Morgan fingerprint density at radius 1 is 1.08 bits per heavy atom. The summed E-state index contributed by atoms with van der Waals surface area (Å²) in [4.78, 5) is 23.9. The molecule has 0 amide bonds. The first-order valence-corrected chi connectivity index (χ1v) is 8.19. The standard InChI is InChI=1S/C19H17BrO5/c1-23-14-9-7-13(18(11-14)24-2)8-10-19(22)25-12-17(21)15-5-3-4-6-16(15)20/h3-11H,12H2,1-2H3/b10-8+. The molecule has 0 radical (unpaired) electrons. The maximum absolute atomic E-state index is 12.0. The van der Waals surface area contributed by atoms with E-state index in [9.17, 15) is 9.59 Å². The highest BCUT2D eigenvalue weighted by Gasteiger charge is 2.11. The zero-order chi connectivity index (χ0) is 18.2. The van der Waals surface area contributed by atoms with Crippen molar-refractivity contribution in [2.75, 3.05) is 20.8 Å². The maximum Gasteiger partial charge on any atom is 0.331 e. The fourth-order valence-electron chi connectivity index (χ4n) is 2.06. The van der Waals surface area contributed by atoms with E-state index in [1.807, 2.05) is 0 Å². The van der Waals surface area contributed by atoms with E-state index in [4.69, 9.17) is 14.2 Å². The van der Waals surface area contributed by atoms with Gasteiger partial charge in [0.2, 0.25) is 5.78 Å². The molecule has 0 heterocycles. The Morgan fingerprint density at radius 2 is 1.84 bits per heavy atom. The Labute approximate surface area is 154 Å². The smallest absolute Gasteiger partial charge is 0.331 e. The van der Waals surface area contributed by atoms with Crippen LogP contribution >= 0.6 is 15.9 Å². The van der Waals surface area contributed by atoms with Gasteiger partial charge in [-0.1, -0.05) is 34.1 Å². The summed E-state index contributed by atoms with van der Waals surface area (Å²) < 4.78 is 16.0. The van der Waals surface area contributed by atoms with E-state index in [-0.39, 0.29) is 12.4 Å². The van der Waals surface area contributed by atoms with E-state index in [1.165, 1.54) is 13.2 Å². The third-order valence-corrected chi connectivity index (χ3v) is 4.05. The fourth-order valence-corrected chi connectivity index (χ4v) is 2.57. The number of ether oxygens (including phenoxy) is 3. The Kier molecular flexibility index (Phi) is 6.77. The molecule has 0 N–H and O–H groups in total. The Bertz CT molecular complexity index is 798. The van der Waals surface area contributed by atoms with Gasteiger partial charge >= 0.3 is 5.97 Å². The molecular weight excluding hydrogens is 388 g/mol. The number of esters is 1. The molecule has 130 valence electrons. The number of benzene rings is 2. The SMILES string of the molecule is COc1ccc(/C=C/C(=O)OCC(=O)c2ccccc2Br)c(OC)c1. The van der Waals surface area contributed by atoms with Gasteiger partial charge < -0.3 is 14.2 Å². The molecule has 25 heavy (non-hydrogen) atoms. The largest absolute Gasteiger partial charge is 0.497 e. The second kappa shape index (κ2) is 9.03. The number of halogens is 1. The topological polar surface area (TPSA) is 61.8 Å². The van der Waals surface area contributed by atoms with Gasteiger partial charge in [0.15, 0.2) is 6.61 Å². The van der Waals surface area contributed by atoms with Crippen molar-refractivity contribution < 1.29 is 23.8 Å². The first-order valence-electron chi connectivity index (χ1n) is 7.39. The molecule has 0 aliphatic rings. The summed E-state index contributed by atoms with van der Waals surface area (Å²) in [5, 5.41) is 0. The van der Waals surface area contributed by atoms with Crippen molar-refractivity contribution >= 4 is 33.8 Å². The van der Waals surface area contributed by atoms with Gasteiger partial charge in [-0.2, -0.15) is 0 Å². The average molecular weight is 405 g/mol. The lowest BCUT2D eigenvalue weighted by Crippen LogP contribution is -2.13. The molecule has 0 bridgehead atoms. The molecule has 0 spiro atoms. The number of hydrogen-bond acceptors (Lipinski definition) is 5. The van der Waals surface area contributed by atoms with Crippen molar-refractivity contribution in [2.24, 2.45) is 0 Å².